The van der Waals surface area contributed by atoms with Crippen LogP contribution in [0.25, 0.3) is 0 Å². The SMILES string of the molecule is c1cc(N2CCCC2)ccc1CNCCNCc1ccc(N2CCCC2)cc1. The zero-order chi connectivity index (χ0) is 19.0. The van der Waals surface area contributed by atoms with Crippen LogP contribution in [0.1, 0.15) is 36.8 Å². The number of anilines is 2. The summed E-state index contributed by atoms with van der Waals surface area (Å²) in [6, 6.07) is 18.1. The summed E-state index contributed by atoms with van der Waals surface area (Å²) in [6.45, 7) is 8.70. The molecule has 2 N–H and O–H groups in total. The number of benzene rings is 2. The number of nitrogens with one attached hydrogen (secondary N) is 2. The lowest BCUT2D eigenvalue weighted by Crippen LogP contribution is -2.26. The molecule has 0 spiro atoms. The summed E-state index contributed by atoms with van der Waals surface area (Å²) < 4.78 is 0. The monoisotopic (exact) mass is 378 g/mol. The molecule has 2 saturated heterocycles. The second-order valence-corrected chi connectivity index (χ2v) is 8.07. The summed E-state index contributed by atoms with van der Waals surface area (Å²) >= 11 is 0. The Bertz CT molecular complexity index is 635. The van der Waals surface area contributed by atoms with E-state index >= 15 is 0 Å². The van der Waals surface area contributed by atoms with Gasteiger partial charge in [0.1, 0.15) is 0 Å². The summed E-state index contributed by atoms with van der Waals surface area (Å²) in [7, 11) is 0. The number of hydrogen-bond donors (Lipinski definition) is 2. The van der Waals surface area contributed by atoms with Crippen LogP contribution in [0, 0.1) is 0 Å². The van der Waals surface area contributed by atoms with Gasteiger partial charge in [-0.2, -0.15) is 0 Å². The maximum Gasteiger partial charge on any atom is 0.0366 e. The molecular formula is C24H34N4. The van der Waals surface area contributed by atoms with Crippen molar-refractivity contribution in [1.82, 2.24) is 10.6 Å². The predicted octanol–water partition coefficient (Wildman–Crippen LogP) is 3.77. The van der Waals surface area contributed by atoms with E-state index in [2.05, 4.69) is 69.0 Å². The van der Waals surface area contributed by atoms with Crippen molar-refractivity contribution in [3.63, 3.8) is 0 Å². The summed E-state index contributed by atoms with van der Waals surface area (Å²) in [5.74, 6) is 0. The first-order valence-corrected chi connectivity index (χ1v) is 11.0. The minimum atomic E-state index is 0.937. The molecule has 2 fully saturated rings. The number of nitrogens with zero attached hydrogens (tertiary/aromatic N) is 2. The fraction of sp³-hybridized carbons (Fsp3) is 0.500. The standard InChI is InChI=1S/C24H34N4/c1-2-16-27(15-1)23-9-5-21(6-10-23)19-25-13-14-26-20-22-7-11-24(12-8-22)28-17-3-4-18-28/h5-12,25-26H,1-4,13-20H2. The molecule has 0 unspecified atom stereocenters. The molecule has 0 amide bonds. The van der Waals surface area contributed by atoms with Gasteiger partial charge in [0, 0.05) is 63.7 Å². The van der Waals surface area contributed by atoms with Gasteiger partial charge in [-0.3, -0.25) is 0 Å². The van der Waals surface area contributed by atoms with Gasteiger partial charge in [0.25, 0.3) is 0 Å². The summed E-state index contributed by atoms with van der Waals surface area (Å²) in [5.41, 5.74) is 5.47. The zero-order valence-electron chi connectivity index (χ0n) is 17.0. The molecule has 0 saturated carbocycles. The van der Waals surface area contributed by atoms with Crippen LogP contribution < -0.4 is 20.4 Å². The molecule has 2 aliphatic heterocycles. The Kier molecular flexibility index (Phi) is 6.85. The van der Waals surface area contributed by atoms with Crippen molar-refractivity contribution in [2.24, 2.45) is 0 Å². The lowest BCUT2D eigenvalue weighted by Gasteiger charge is -2.18. The Morgan fingerprint density at radius 3 is 1.25 bits per heavy atom. The molecule has 4 nitrogen and oxygen atoms in total. The van der Waals surface area contributed by atoms with Crippen LogP contribution in [0.4, 0.5) is 11.4 Å². The molecule has 0 bridgehead atoms. The molecule has 0 radical (unpaired) electrons. The van der Waals surface area contributed by atoms with Crippen LogP contribution in [-0.2, 0) is 13.1 Å². The highest BCUT2D eigenvalue weighted by Gasteiger charge is 2.12. The Labute approximate surface area is 169 Å². The second kappa shape index (κ2) is 9.94. The third-order valence-corrected chi connectivity index (χ3v) is 5.95. The van der Waals surface area contributed by atoms with E-state index in [-0.39, 0.29) is 0 Å². The Balaban J connectivity index is 1.10. The molecule has 2 aromatic carbocycles. The molecule has 0 aliphatic carbocycles. The van der Waals surface area contributed by atoms with Gasteiger partial charge in [0.05, 0.1) is 0 Å². The first kappa shape index (κ1) is 19.3. The van der Waals surface area contributed by atoms with Gasteiger partial charge in [0.15, 0.2) is 0 Å². The highest BCUT2D eigenvalue weighted by molar-refractivity contribution is 5.49. The minimum absolute atomic E-state index is 0.937. The molecule has 2 aromatic rings. The molecule has 150 valence electrons. The molecule has 28 heavy (non-hydrogen) atoms. The van der Waals surface area contributed by atoms with E-state index in [4.69, 9.17) is 0 Å². The maximum absolute atomic E-state index is 3.54. The number of hydrogen-bond acceptors (Lipinski definition) is 4. The normalized spacial score (nSPS) is 16.9. The van der Waals surface area contributed by atoms with Crippen molar-refractivity contribution >= 4 is 11.4 Å². The smallest absolute Gasteiger partial charge is 0.0366 e. The molecule has 4 rings (SSSR count). The maximum atomic E-state index is 3.54. The fourth-order valence-corrected chi connectivity index (χ4v) is 4.24. The van der Waals surface area contributed by atoms with E-state index in [0.717, 1.165) is 26.2 Å². The average Bonchev–Trinajstić information content (AvgIpc) is 3.46. The largest absolute Gasteiger partial charge is 0.372 e. The van der Waals surface area contributed by atoms with E-state index in [1.165, 1.54) is 74.4 Å². The van der Waals surface area contributed by atoms with Crippen molar-refractivity contribution in [1.29, 1.82) is 0 Å². The minimum Gasteiger partial charge on any atom is -0.372 e. The van der Waals surface area contributed by atoms with Gasteiger partial charge in [0.2, 0.25) is 0 Å². The molecule has 4 heteroatoms. The van der Waals surface area contributed by atoms with Gasteiger partial charge < -0.3 is 20.4 Å². The first-order valence-electron chi connectivity index (χ1n) is 11.0. The molecule has 0 atom stereocenters. The van der Waals surface area contributed by atoms with Crippen LogP contribution >= 0.6 is 0 Å². The average molecular weight is 379 g/mol. The van der Waals surface area contributed by atoms with Crippen molar-refractivity contribution in [2.75, 3.05) is 49.1 Å². The van der Waals surface area contributed by atoms with Gasteiger partial charge in [-0.25, -0.2) is 0 Å². The van der Waals surface area contributed by atoms with Crippen molar-refractivity contribution in [3.8, 4) is 0 Å². The third kappa shape index (κ3) is 5.27. The topological polar surface area (TPSA) is 30.5 Å². The van der Waals surface area contributed by atoms with Gasteiger partial charge in [-0.05, 0) is 61.1 Å². The Morgan fingerprint density at radius 1 is 0.536 bits per heavy atom. The van der Waals surface area contributed by atoms with Crippen molar-refractivity contribution < 1.29 is 0 Å². The van der Waals surface area contributed by atoms with Gasteiger partial charge in [-0.15, -0.1) is 0 Å². The zero-order valence-corrected chi connectivity index (χ0v) is 17.0. The fourth-order valence-electron chi connectivity index (χ4n) is 4.24. The summed E-state index contributed by atoms with van der Waals surface area (Å²) in [4.78, 5) is 4.97. The van der Waals surface area contributed by atoms with E-state index in [9.17, 15) is 0 Å². The second-order valence-electron chi connectivity index (χ2n) is 8.07. The van der Waals surface area contributed by atoms with E-state index in [1.807, 2.05) is 0 Å². The van der Waals surface area contributed by atoms with Gasteiger partial charge in [-0.1, -0.05) is 24.3 Å². The summed E-state index contributed by atoms with van der Waals surface area (Å²) in [6.07, 6.45) is 5.33. The first-order chi connectivity index (χ1) is 13.9. The summed E-state index contributed by atoms with van der Waals surface area (Å²) in [5, 5.41) is 7.08. The Hall–Kier alpha value is -2.04. The lowest BCUT2D eigenvalue weighted by molar-refractivity contribution is 0.611. The van der Waals surface area contributed by atoms with E-state index in [1.54, 1.807) is 0 Å². The Morgan fingerprint density at radius 2 is 0.893 bits per heavy atom. The van der Waals surface area contributed by atoms with Crippen molar-refractivity contribution in [2.45, 2.75) is 38.8 Å². The highest BCUT2D eigenvalue weighted by Crippen LogP contribution is 2.21. The van der Waals surface area contributed by atoms with Crippen LogP contribution in [0.3, 0.4) is 0 Å². The molecular weight excluding hydrogens is 344 g/mol. The predicted molar refractivity (Wildman–Crippen MR) is 119 cm³/mol. The van der Waals surface area contributed by atoms with E-state index in [0.29, 0.717) is 0 Å². The van der Waals surface area contributed by atoms with Crippen molar-refractivity contribution in [3.05, 3.63) is 59.7 Å². The molecule has 2 aliphatic rings. The van der Waals surface area contributed by atoms with Crippen LogP contribution in [0.5, 0.6) is 0 Å². The molecule has 2 heterocycles. The highest BCUT2D eigenvalue weighted by atomic mass is 15.1. The quantitative estimate of drug-likeness (QED) is 0.651. The van der Waals surface area contributed by atoms with E-state index < -0.39 is 0 Å². The number of rotatable bonds is 9. The van der Waals surface area contributed by atoms with Crippen LogP contribution in [0.2, 0.25) is 0 Å². The van der Waals surface area contributed by atoms with Crippen LogP contribution in [-0.4, -0.2) is 39.3 Å². The lowest BCUT2D eigenvalue weighted by atomic mass is 10.2. The molecule has 0 aromatic heterocycles. The van der Waals surface area contributed by atoms with Gasteiger partial charge >= 0.3 is 0 Å². The third-order valence-electron chi connectivity index (χ3n) is 5.95. The van der Waals surface area contributed by atoms with Crippen LogP contribution in [0.15, 0.2) is 48.5 Å².